The lowest BCUT2D eigenvalue weighted by molar-refractivity contribution is 0.0696. The van der Waals surface area contributed by atoms with Crippen molar-refractivity contribution < 1.29 is 13.2 Å². The van der Waals surface area contributed by atoms with E-state index in [1.807, 2.05) is 44.2 Å². The molecule has 1 saturated heterocycles. The molecule has 8 nitrogen and oxygen atoms in total. The number of aryl methyl sites for hydroxylation is 2. The van der Waals surface area contributed by atoms with E-state index in [1.165, 1.54) is 9.87 Å². The fourth-order valence-corrected chi connectivity index (χ4v) is 6.37. The minimum Gasteiger partial charge on any atom is -0.336 e. The molecule has 1 aliphatic carbocycles. The number of carbonyl (C=O) groups excluding carboxylic acids is 1. The zero-order valence-electron chi connectivity index (χ0n) is 19.5. The topological polar surface area (TPSA) is 88.4 Å². The van der Waals surface area contributed by atoms with E-state index in [2.05, 4.69) is 10.1 Å². The Bertz CT molecular complexity index is 1310. The number of nitrogens with zero attached hydrogens (tertiary/aromatic N) is 5. The molecule has 0 saturated carbocycles. The summed E-state index contributed by atoms with van der Waals surface area (Å²) < 4.78 is 29.7. The molecule has 1 aromatic carbocycles. The molecule has 0 spiro atoms. The van der Waals surface area contributed by atoms with E-state index >= 15 is 0 Å². The van der Waals surface area contributed by atoms with Crippen molar-refractivity contribution in [1.82, 2.24) is 24.0 Å². The third-order valence-electron chi connectivity index (χ3n) is 6.68. The third kappa shape index (κ3) is 4.03. The van der Waals surface area contributed by atoms with Gasteiger partial charge in [0.15, 0.2) is 5.82 Å². The fraction of sp³-hybridized carbons (Fsp3) is 0.400. The summed E-state index contributed by atoms with van der Waals surface area (Å²) in [5.41, 5.74) is 3.73. The summed E-state index contributed by atoms with van der Waals surface area (Å²) in [7, 11) is -3.58. The lowest BCUT2D eigenvalue weighted by Gasteiger charge is -2.34. The normalized spacial score (nSPS) is 16.7. The summed E-state index contributed by atoms with van der Waals surface area (Å²) in [5.74, 6) is 0.598. The second-order valence-corrected chi connectivity index (χ2v) is 11.1. The van der Waals surface area contributed by atoms with E-state index in [0.717, 1.165) is 30.5 Å². The summed E-state index contributed by atoms with van der Waals surface area (Å²) in [6.07, 6.45) is 6.33. The molecule has 178 valence electrons. The van der Waals surface area contributed by atoms with Crippen LogP contribution in [0.1, 0.15) is 53.4 Å². The highest BCUT2D eigenvalue weighted by Crippen LogP contribution is 2.28. The van der Waals surface area contributed by atoms with Crippen LogP contribution < -0.4 is 0 Å². The minimum atomic E-state index is -3.58. The first-order chi connectivity index (χ1) is 16.4. The van der Waals surface area contributed by atoms with Crippen molar-refractivity contribution in [3.63, 3.8) is 0 Å². The number of hydrogen-bond donors (Lipinski definition) is 0. The molecular weight excluding hydrogens is 450 g/mol. The average molecular weight is 480 g/mol. The van der Waals surface area contributed by atoms with Crippen LogP contribution in [0.5, 0.6) is 0 Å². The predicted molar refractivity (Wildman–Crippen MR) is 129 cm³/mol. The van der Waals surface area contributed by atoms with E-state index < -0.39 is 10.0 Å². The Hall–Kier alpha value is -3.04. The summed E-state index contributed by atoms with van der Waals surface area (Å²) in [6.45, 7) is 5.28. The molecule has 5 rings (SSSR count). The molecule has 1 amide bonds. The van der Waals surface area contributed by atoms with Crippen LogP contribution in [0.2, 0.25) is 0 Å². The van der Waals surface area contributed by atoms with Crippen LogP contribution in [0.15, 0.2) is 53.7 Å². The number of sulfonamides is 1. The Labute approximate surface area is 200 Å². The zero-order chi connectivity index (χ0) is 23.9. The lowest BCUT2D eigenvalue weighted by atomic mass is 10.0. The predicted octanol–water partition coefficient (Wildman–Crippen LogP) is 3.03. The quantitative estimate of drug-likeness (QED) is 0.561. The molecule has 0 unspecified atom stereocenters. The second-order valence-electron chi connectivity index (χ2n) is 9.18. The van der Waals surface area contributed by atoms with Crippen molar-refractivity contribution in [2.75, 3.05) is 26.2 Å². The van der Waals surface area contributed by atoms with E-state index in [0.29, 0.717) is 29.4 Å². The number of fused-ring (bicyclic) bond motifs is 1. The molecular formula is C25H29N5O3S. The third-order valence-corrected chi connectivity index (χ3v) is 8.58. The van der Waals surface area contributed by atoms with Crippen LogP contribution in [0, 0.1) is 0 Å². The maximum absolute atomic E-state index is 13.4. The molecule has 3 heterocycles. The van der Waals surface area contributed by atoms with Crippen molar-refractivity contribution >= 4 is 15.9 Å². The number of hydrogen-bond acceptors (Lipinski definition) is 5. The van der Waals surface area contributed by atoms with Crippen LogP contribution >= 0.6 is 0 Å². The Kier molecular flexibility index (Phi) is 5.99. The smallest absolute Gasteiger partial charge is 0.257 e. The molecule has 0 radical (unpaired) electrons. The van der Waals surface area contributed by atoms with Gasteiger partial charge in [-0.15, -0.1) is 0 Å². The van der Waals surface area contributed by atoms with Gasteiger partial charge in [-0.25, -0.2) is 18.1 Å². The number of benzene rings is 1. The molecule has 2 aliphatic rings. The number of pyridine rings is 1. The van der Waals surface area contributed by atoms with Gasteiger partial charge >= 0.3 is 0 Å². The van der Waals surface area contributed by atoms with E-state index in [1.54, 1.807) is 28.0 Å². The van der Waals surface area contributed by atoms with Gasteiger partial charge in [-0.2, -0.15) is 9.40 Å². The van der Waals surface area contributed by atoms with Gasteiger partial charge in [-0.05, 0) is 60.6 Å². The molecule has 2 aromatic heterocycles. The Morgan fingerprint density at radius 3 is 2.47 bits per heavy atom. The van der Waals surface area contributed by atoms with Crippen LogP contribution in [0.25, 0.3) is 5.82 Å². The largest absolute Gasteiger partial charge is 0.336 e. The van der Waals surface area contributed by atoms with Crippen molar-refractivity contribution in [1.29, 1.82) is 0 Å². The summed E-state index contributed by atoms with van der Waals surface area (Å²) in [6, 6.07) is 11.1. The molecule has 1 aliphatic heterocycles. The summed E-state index contributed by atoms with van der Waals surface area (Å²) in [5, 5.41) is 4.45. The first kappa shape index (κ1) is 22.7. The van der Waals surface area contributed by atoms with Crippen molar-refractivity contribution in [2.24, 2.45) is 0 Å². The minimum absolute atomic E-state index is 0.0601. The van der Waals surface area contributed by atoms with Gasteiger partial charge in [-0.3, -0.25) is 4.79 Å². The summed E-state index contributed by atoms with van der Waals surface area (Å²) >= 11 is 0. The van der Waals surface area contributed by atoms with Crippen LogP contribution in [-0.4, -0.2) is 64.5 Å². The molecule has 1 fully saturated rings. The maximum atomic E-state index is 13.4. The maximum Gasteiger partial charge on any atom is 0.257 e. The van der Waals surface area contributed by atoms with Crippen LogP contribution in [0.4, 0.5) is 0 Å². The Morgan fingerprint density at radius 2 is 1.76 bits per heavy atom. The highest BCUT2D eigenvalue weighted by atomic mass is 32.2. The number of carbonyl (C=O) groups is 1. The molecule has 3 aromatic rings. The highest BCUT2D eigenvalue weighted by molar-refractivity contribution is 7.89. The van der Waals surface area contributed by atoms with Gasteiger partial charge in [0.25, 0.3) is 5.91 Å². The number of amides is 1. The highest BCUT2D eigenvalue weighted by Gasteiger charge is 2.33. The number of piperazine rings is 1. The van der Waals surface area contributed by atoms with Crippen molar-refractivity contribution in [3.8, 4) is 5.82 Å². The number of rotatable bonds is 5. The molecule has 9 heteroatoms. The van der Waals surface area contributed by atoms with Gasteiger partial charge in [0.1, 0.15) is 0 Å². The van der Waals surface area contributed by atoms with Crippen molar-refractivity contribution in [2.45, 2.75) is 43.9 Å². The Morgan fingerprint density at radius 1 is 1.00 bits per heavy atom. The van der Waals surface area contributed by atoms with Gasteiger partial charge < -0.3 is 4.90 Å². The summed E-state index contributed by atoms with van der Waals surface area (Å²) in [4.78, 5) is 19.9. The first-order valence-corrected chi connectivity index (χ1v) is 13.2. The second kappa shape index (κ2) is 8.96. The fourth-order valence-electron chi connectivity index (χ4n) is 4.90. The van der Waals surface area contributed by atoms with Gasteiger partial charge in [0.05, 0.1) is 22.3 Å². The molecule has 0 atom stereocenters. The van der Waals surface area contributed by atoms with Gasteiger partial charge in [-0.1, -0.05) is 26.0 Å². The monoisotopic (exact) mass is 479 g/mol. The van der Waals surface area contributed by atoms with E-state index in [4.69, 9.17) is 0 Å². The van der Waals surface area contributed by atoms with Gasteiger partial charge in [0.2, 0.25) is 10.0 Å². The van der Waals surface area contributed by atoms with Crippen molar-refractivity contribution in [3.05, 3.63) is 71.2 Å². The molecule has 34 heavy (non-hydrogen) atoms. The van der Waals surface area contributed by atoms with Crippen LogP contribution in [0.3, 0.4) is 0 Å². The SMILES string of the molecule is CC(C)c1c(C(=O)N2CCN(S(=O)(=O)c3ccc4c(c3)CCC4)CC2)cnn1-c1ccccn1. The van der Waals surface area contributed by atoms with Gasteiger partial charge in [0, 0.05) is 32.4 Å². The van der Waals surface area contributed by atoms with E-state index in [-0.39, 0.29) is 24.9 Å². The van der Waals surface area contributed by atoms with E-state index in [9.17, 15) is 13.2 Å². The zero-order valence-corrected chi connectivity index (χ0v) is 20.3. The molecule has 0 bridgehead atoms. The lowest BCUT2D eigenvalue weighted by Crippen LogP contribution is -2.50. The average Bonchev–Trinajstić information content (AvgIpc) is 3.51. The Balaban J connectivity index is 1.32. The standard InChI is InChI=1S/C25H29N5O3S/c1-18(2)24-22(17-27-30(24)23-8-3-4-11-26-23)25(31)28-12-14-29(15-13-28)34(32,33)21-10-9-19-6-5-7-20(19)16-21/h3-4,8-11,16-18H,5-7,12-15H2,1-2H3. The number of aromatic nitrogens is 3. The molecule has 0 N–H and O–H groups in total. The first-order valence-electron chi connectivity index (χ1n) is 11.8. The van der Waals surface area contributed by atoms with Crippen LogP contribution in [-0.2, 0) is 22.9 Å².